The van der Waals surface area contributed by atoms with Gasteiger partial charge in [0.25, 0.3) is 5.91 Å². The highest BCUT2D eigenvalue weighted by molar-refractivity contribution is 6.17. The highest BCUT2D eigenvalue weighted by Crippen LogP contribution is 2.32. The third kappa shape index (κ3) is 5.98. The first kappa shape index (κ1) is 27.3. The van der Waals surface area contributed by atoms with Crippen LogP contribution in [0.3, 0.4) is 0 Å². The Morgan fingerprint density at radius 1 is 1.00 bits per heavy atom. The third-order valence-corrected chi connectivity index (χ3v) is 7.78. The minimum atomic E-state index is -0.896. The van der Waals surface area contributed by atoms with Gasteiger partial charge in [-0.1, -0.05) is 24.3 Å². The number of H-pyrrole nitrogens is 1. The van der Waals surface area contributed by atoms with Gasteiger partial charge in [-0.2, -0.15) is 5.21 Å². The van der Waals surface area contributed by atoms with Crippen molar-refractivity contribution in [2.45, 2.75) is 45.1 Å². The molecule has 10 heteroatoms. The van der Waals surface area contributed by atoms with E-state index in [0.29, 0.717) is 48.8 Å². The molecule has 5 N–H and O–H groups in total. The van der Waals surface area contributed by atoms with Crippen LogP contribution in [0.2, 0.25) is 0 Å². The van der Waals surface area contributed by atoms with Crippen molar-refractivity contribution in [1.82, 2.24) is 25.6 Å². The highest BCUT2D eigenvalue weighted by Gasteiger charge is 2.35. The number of nitrogens with two attached hydrogens (primary N) is 2. The van der Waals surface area contributed by atoms with Gasteiger partial charge in [0, 0.05) is 29.4 Å². The summed E-state index contributed by atoms with van der Waals surface area (Å²) >= 11 is 0. The molecule has 1 fully saturated rings. The van der Waals surface area contributed by atoms with Crippen molar-refractivity contribution in [3.05, 3.63) is 78.1 Å². The lowest BCUT2D eigenvalue weighted by Crippen LogP contribution is -2.50. The largest absolute Gasteiger partial charge is 0.330 e. The van der Waals surface area contributed by atoms with Crippen molar-refractivity contribution in [1.29, 1.82) is 0 Å². The van der Waals surface area contributed by atoms with Gasteiger partial charge >= 0.3 is 0 Å². The molecule has 1 atom stereocenters. The van der Waals surface area contributed by atoms with Crippen LogP contribution in [0, 0.1) is 18.8 Å². The van der Waals surface area contributed by atoms with Gasteiger partial charge in [-0.3, -0.25) is 14.6 Å². The molecule has 0 bridgehead atoms. The van der Waals surface area contributed by atoms with E-state index in [1.54, 1.807) is 30.5 Å². The summed E-state index contributed by atoms with van der Waals surface area (Å²) in [4.78, 5) is 33.1. The number of pyridine rings is 1. The van der Waals surface area contributed by atoms with Crippen LogP contribution >= 0.6 is 0 Å². The van der Waals surface area contributed by atoms with E-state index in [1.807, 2.05) is 43.5 Å². The number of nitrogens with one attached hydrogen (secondary N) is 1. The average Bonchev–Trinajstić information content (AvgIpc) is 3.53. The van der Waals surface area contributed by atoms with E-state index in [0.717, 1.165) is 35.1 Å². The van der Waals surface area contributed by atoms with E-state index in [4.69, 9.17) is 11.5 Å². The first-order chi connectivity index (χ1) is 19.4. The Hall–Kier alpha value is -4.28. The number of aromatic nitrogens is 5. The molecule has 2 heterocycles. The van der Waals surface area contributed by atoms with Crippen LogP contribution in [-0.2, 0) is 16.0 Å². The van der Waals surface area contributed by atoms with E-state index < -0.39 is 11.9 Å². The lowest BCUT2D eigenvalue weighted by Gasteiger charge is -2.32. The van der Waals surface area contributed by atoms with Crippen LogP contribution in [0.5, 0.6) is 0 Å². The molecule has 5 rings (SSSR count). The quantitative estimate of drug-likeness (QED) is 0.308. The molecule has 1 aliphatic rings. The lowest BCUT2D eigenvalue weighted by atomic mass is 9.81. The Kier molecular flexibility index (Phi) is 8.37. The lowest BCUT2D eigenvalue weighted by molar-refractivity contribution is -0.130. The fourth-order valence-electron chi connectivity index (χ4n) is 5.33. The van der Waals surface area contributed by atoms with Crippen molar-refractivity contribution in [3.8, 4) is 22.5 Å². The summed E-state index contributed by atoms with van der Waals surface area (Å²) in [5.74, 6) is -0.0467. The summed E-state index contributed by atoms with van der Waals surface area (Å²) < 4.78 is 0. The van der Waals surface area contributed by atoms with Gasteiger partial charge < -0.3 is 11.5 Å². The van der Waals surface area contributed by atoms with E-state index in [-0.39, 0.29) is 11.8 Å². The van der Waals surface area contributed by atoms with Crippen molar-refractivity contribution >= 4 is 17.5 Å². The molecule has 0 unspecified atom stereocenters. The third-order valence-electron chi connectivity index (χ3n) is 7.78. The van der Waals surface area contributed by atoms with Crippen LogP contribution in [0.4, 0.5) is 5.69 Å². The predicted molar refractivity (Wildman–Crippen MR) is 153 cm³/mol. The first-order valence-corrected chi connectivity index (χ1v) is 13.6. The smallest absolute Gasteiger partial charge is 0.251 e. The monoisotopic (exact) mass is 538 g/mol. The minimum Gasteiger partial charge on any atom is -0.330 e. The average molecular weight is 539 g/mol. The van der Waals surface area contributed by atoms with Gasteiger partial charge in [-0.15, -0.1) is 10.2 Å². The number of rotatable bonds is 8. The van der Waals surface area contributed by atoms with E-state index in [9.17, 15) is 9.59 Å². The van der Waals surface area contributed by atoms with Crippen LogP contribution < -0.4 is 16.4 Å². The van der Waals surface area contributed by atoms with E-state index >= 15 is 0 Å². The summed E-state index contributed by atoms with van der Waals surface area (Å²) in [5.41, 5.74) is 17.7. The fourth-order valence-corrected chi connectivity index (χ4v) is 5.33. The molecule has 40 heavy (non-hydrogen) atoms. The molecule has 4 aromatic rings. The molecule has 1 saturated carbocycles. The zero-order valence-electron chi connectivity index (χ0n) is 22.5. The van der Waals surface area contributed by atoms with Gasteiger partial charge in [-0.25, -0.2) is 4.90 Å². The summed E-state index contributed by atoms with van der Waals surface area (Å²) in [6, 6.07) is 16.0. The zero-order valence-corrected chi connectivity index (χ0v) is 22.5. The van der Waals surface area contributed by atoms with Crippen molar-refractivity contribution in [3.63, 3.8) is 0 Å². The topological polar surface area (TPSA) is 157 Å². The van der Waals surface area contributed by atoms with Gasteiger partial charge in [0.1, 0.15) is 0 Å². The highest BCUT2D eigenvalue weighted by atomic mass is 16.2. The summed E-state index contributed by atoms with van der Waals surface area (Å²) in [7, 11) is 0. The maximum Gasteiger partial charge on any atom is 0.251 e. The van der Waals surface area contributed by atoms with Crippen LogP contribution in [0.1, 0.15) is 36.8 Å². The second kappa shape index (κ2) is 12.3. The van der Waals surface area contributed by atoms with Gasteiger partial charge in [-0.05, 0) is 104 Å². The van der Waals surface area contributed by atoms with Crippen molar-refractivity contribution < 1.29 is 9.59 Å². The van der Waals surface area contributed by atoms with Gasteiger partial charge in [0.2, 0.25) is 11.7 Å². The predicted octanol–water partition coefficient (Wildman–Crippen LogP) is 3.43. The van der Waals surface area contributed by atoms with Crippen LogP contribution in [-0.4, -0.2) is 50.0 Å². The molecular formula is C30H34N8O2. The number of tetrazole rings is 1. The molecule has 0 spiro atoms. The molecule has 2 amide bonds. The summed E-state index contributed by atoms with van der Waals surface area (Å²) in [6.45, 7) is 2.66. The normalized spacial score (nSPS) is 17.8. The van der Waals surface area contributed by atoms with Crippen molar-refractivity contribution in [2.24, 2.45) is 23.3 Å². The maximum absolute atomic E-state index is 13.8. The molecule has 10 nitrogen and oxygen atoms in total. The Bertz CT molecular complexity index is 1430. The summed E-state index contributed by atoms with van der Waals surface area (Å²) in [6.07, 6.45) is 7.07. The Morgan fingerprint density at radius 3 is 2.33 bits per heavy atom. The van der Waals surface area contributed by atoms with Crippen LogP contribution in [0.25, 0.3) is 22.5 Å². The number of amides is 2. The Labute approximate surface area is 233 Å². The molecule has 0 saturated heterocycles. The maximum atomic E-state index is 13.8. The number of aryl methyl sites for hydroxylation is 1. The molecule has 206 valence electrons. The number of imide groups is 1. The van der Waals surface area contributed by atoms with Gasteiger partial charge in [0.05, 0.1) is 11.7 Å². The number of carbonyl (C=O) groups excluding carboxylic acids is 2. The van der Waals surface area contributed by atoms with Crippen molar-refractivity contribution in [2.75, 3.05) is 11.4 Å². The number of aromatic amines is 1. The fraction of sp³-hybridized carbons (Fsp3) is 0.333. The number of hydrogen-bond donors (Lipinski definition) is 3. The minimum absolute atomic E-state index is 0.217. The number of carbonyl (C=O) groups is 2. The SMILES string of the molecule is Cc1ccncc1-c1ccc(C[C@H](N)C(=O)N(C(=O)C2CCC(CN)CC2)c2ccc(-c3nn[nH]n3)cc2)cc1. The molecule has 1 aliphatic carbocycles. The Balaban J connectivity index is 1.36. The first-order valence-electron chi connectivity index (χ1n) is 13.6. The Morgan fingerprint density at radius 2 is 1.70 bits per heavy atom. The molecular weight excluding hydrogens is 504 g/mol. The number of anilines is 1. The zero-order chi connectivity index (χ0) is 28.1. The molecule has 0 aliphatic heterocycles. The number of nitrogens with zero attached hydrogens (tertiary/aromatic N) is 5. The molecule has 2 aromatic heterocycles. The second-order valence-corrected chi connectivity index (χ2v) is 10.4. The molecule has 2 aromatic carbocycles. The van der Waals surface area contributed by atoms with E-state index in [2.05, 4.69) is 25.6 Å². The summed E-state index contributed by atoms with van der Waals surface area (Å²) in [5, 5.41) is 14.0. The second-order valence-electron chi connectivity index (χ2n) is 10.4. The number of benzene rings is 2. The number of hydrogen-bond acceptors (Lipinski definition) is 8. The molecule has 0 radical (unpaired) electrons. The van der Waals surface area contributed by atoms with Gasteiger partial charge in [0.15, 0.2) is 0 Å². The van der Waals surface area contributed by atoms with Crippen LogP contribution in [0.15, 0.2) is 67.0 Å². The standard InChI is InChI=1S/C30H34N8O2/c1-19-14-15-33-18-26(19)22-6-2-20(3-7-22)16-27(32)30(40)38(29(39)24-8-4-21(17-31)5-9-24)25-12-10-23(11-13-25)28-34-36-37-35-28/h2-3,6-7,10-15,18,21,24,27H,4-5,8-9,16-17,31-32H2,1H3,(H,34,35,36,37)/t21?,24?,27-/m0/s1. The van der Waals surface area contributed by atoms with E-state index in [1.165, 1.54) is 4.90 Å².